The SMILES string of the molecule is CCOC[C@@H]1C[C@H](N2C(=O)C=CC2=O)C(=O)N1CC(=O)CCCCCc1ccc(COC(=O)C(C)(C)C)c(O[C@@H]2OC[C@@H](O)[C@H](O)[C@H]2O)c1. The molecule has 3 heterocycles. The molecule has 14 heteroatoms. The summed E-state index contributed by atoms with van der Waals surface area (Å²) in [4.78, 5) is 65.4. The molecule has 4 rings (SSSR count). The second-order valence-corrected chi connectivity index (χ2v) is 13.6. The third-order valence-corrected chi connectivity index (χ3v) is 8.74. The van der Waals surface area contributed by atoms with Crippen molar-refractivity contribution < 1.29 is 58.2 Å². The normalized spacial score (nSPS) is 25.7. The van der Waals surface area contributed by atoms with Crippen molar-refractivity contribution in [2.24, 2.45) is 5.41 Å². The van der Waals surface area contributed by atoms with E-state index in [0.717, 1.165) is 29.0 Å². The second kappa shape index (κ2) is 16.8. The Hall–Kier alpha value is -3.69. The Morgan fingerprint density at radius 1 is 1.00 bits per heavy atom. The molecule has 6 atom stereocenters. The number of carbonyl (C=O) groups excluding carboxylic acids is 5. The molecule has 2 saturated heterocycles. The van der Waals surface area contributed by atoms with Crippen LogP contribution in [0, 0.1) is 5.41 Å². The molecule has 1 aromatic carbocycles. The van der Waals surface area contributed by atoms with Crippen LogP contribution in [0.1, 0.15) is 70.9 Å². The number of hydrogen-bond donors (Lipinski definition) is 3. The summed E-state index contributed by atoms with van der Waals surface area (Å²) in [7, 11) is 0. The number of carbonyl (C=O) groups is 5. The molecule has 3 amide bonds. The summed E-state index contributed by atoms with van der Waals surface area (Å²) in [6, 6.07) is 3.99. The van der Waals surface area contributed by atoms with Crippen molar-refractivity contribution in [3.05, 3.63) is 41.5 Å². The molecule has 3 aliphatic rings. The van der Waals surface area contributed by atoms with Gasteiger partial charge in [-0.05, 0) is 58.6 Å². The fourth-order valence-corrected chi connectivity index (χ4v) is 5.86. The van der Waals surface area contributed by atoms with Gasteiger partial charge in [0.1, 0.15) is 36.7 Å². The first-order valence-corrected chi connectivity index (χ1v) is 16.8. The van der Waals surface area contributed by atoms with Gasteiger partial charge in [0, 0.05) is 37.2 Å². The van der Waals surface area contributed by atoms with Gasteiger partial charge < -0.3 is 39.2 Å². The highest BCUT2D eigenvalue weighted by Gasteiger charge is 2.47. The van der Waals surface area contributed by atoms with Gasteiger partial charge in [0.05, 0.1) is 31.2 Å². The molecule has 0 radical (unpaired) electrons. The first-order chi connectivity index (χ1) is 23.2. The van der Waals surface area contributed by atoms with Crippen LogP contribution < -0.4 is 4.74 Å². The van der Waals surface area contributed by atoms with Crippen LogP contribution in [0.25, 0.3) is 0 Å². The lowest BCUT2D eigenvalue weighted by atomic mass is 9.97. The molecule has 2 fully saturated rings. The van der Waals surface area contributed by atoms with Crippen LogP contribution >= 0.6 is 0 Å². The van der Waals surface area contributed by atoms with E-state index in [1.54, 1.807) is 32.9 Å². The Balaban J connectivity index is 1.31. The van der Waals surface area contributed by atoms with E-state index in [9.17, 15) is 39.3 Å². The molecule has 0 unspecified atom stereocenters. The number of nitrogens with zero attached hydrogens (tertiary/aromatic N) is 2. The van der Waals surface area contributed by atoms with Gasteiger partial charge in [0.25, 0.3) is 11.8 Å². The van der Waals surface area contributed by atoms with E-state index in [2.05, 4.69) is 0 Å². The molecule has 0 saturated carbocycles. The van der Waals surface area contributed by atoms with Gasteiger partial charge in [-0.1, -0.05) is 18.6 Å². The van der Waals surface area contributed by atoms with Crippen LogP contribution in [0.5, 0.6) is 5.75 Å². The third kappa shape index (κ3) is 9.73. The molecular formula is C35H48N2O12. The van der Waals surface area contributed by atoms with Crippen LogP contribution in [-0.4, -0.2) is 118 Å². The highest BCUT2D eigenvalue weighted by molar-refractivity contribution is 6.15. The molecule has 0 spiro atoms. The van der Waals surface area contributed by atoms with E-state index < -0.39 is 65.8 Å². The molecule has 49 heavy (non-hydrogen) atoms. The largest absolute Gasteiger partial charge is 0.462 e. The minimum atomic E-state index is -1.51. The number of benzene rings is 1. The van der Waals surface area contributed by atoms with Crippen LogP contribution in [0.3, 0.4) is 0 Å². The van der Waals surface area contributed by atoms with E-state index in [0.29, 0.717) is 37.2 Å². The lowest BCUT2D eigenvalue weighted by Gasteiger charge is -2.35. The van der Waals surface area contributed by atoms with Crippen molar-refractivity contribution in [2.75, 3.05) is 26.4 Å². The maximum absolute atomic E-state index is 13.2. The van der Waals surface area contributed by atoms with Gasteiger partial charge in [-0.15, -0.1) is 0 Å². The van der Waals surface area contributed by atoms with Crippen molar-refractivity contribution in [3.63, 3.8) is 0 Å². The molecule has 3 aliphatic heterocycles. The highest BCUT2D eigenvalue weighted by atomic mass is 16.7. The van der Waals surface area contributed by atoms with Gasteiger partial charge in [-0.2, -0.15) is 0 Å². The van der Waals surface area contributed by atoms with Crippen LogP contribution in [0.2, 0.25) is 0 Å². The lowest BCUT2D eigenvalue weighted by Crippen LogP contribution is -2.54. The number of ketones is 1. The number of unbranched alkanes of at least 4 members (excludes halogenated alkanes) is 2. The zero-order valence-corrected chi connectivity index (χ0v) is 28.5. The number of aliphatic hydroxyl groups is 3. The van der Waals surface area contributed by atoms with Gasteiger partial charge >= 0.3 is 5.97 Å². The van der Waals surface area contributed by atoms with Crippen LogP contribution in [-0.2, 0) is 51.2 Å². The number of aryl methyl sites for hydroxylation is 1. The van der Waals surface area contributed by atoms with E-state index >= 15 is 0 Å². The number of amides is 3. The fourth-order valence-electron chi connectivity index (χ4n) is 5.86. The molecule has 3 N–H and O–H groups in total. The van der Waals surface area contributed by atoms with Crippen molar-refractivity contribution in [2.45, 2.75) is 110 Å². The Morgan fingerprint density at radius 3 is 2.39 bits per heavy atom. The maximum Gasteiger partial charge on any atom is 0.311 e. The van der Waals surface area contributed by atoms with E-state index in [4.69, 9.17) is 18.9 Å². The average Bonchev–Trinajstić information content (AvgIpc) is 3.54. The average molecular weight is 689 g/mol. The number of ether oxygens (including phenoxy) is 4. The van der Waals surface area contributed by atoms with Gasteiger partial charge in [0.15, 0.2) is 5.78 Å². The number of rotatable bonds is 16. The van der Waals surface area contributed by atoms with Crippen LogP contribution in [0.4, 0.5) is 0 Å². The molecule has 0 bridgehead atoms. The Morgan fingerprint density at radius 2 is 1.71 bits per heavy atom. The van der Waals surface area contributed by atoms with Gasteiger partial charge in [0.2, 0.25) is 12.2 Å². The maximum atomic E-state index is 13.2. The first-order valence-electron chi connectivity index (χ1n) is 16.8. The number of Topliss-reactive ketones (excluding diaryl/α,β-unsaturated/α-hetero) is 1. The quantitative estimate of drug-likeness (QED) is 0.128. The highest BCUT2D eigenvalue weighted by Crippen LogP contribution is 2.29. The van der Waals surface area contributed by atoms with Crippen LogP contribution in [0.15, 0.2) is 30.4 Å². The molecule has 14 nitrogen and oxygen atoms in total. The number of esters is 1. The minimum absolute atomic E-state index is 0.0882. The van der Waals surface area contributed by atoms with Crippen molar-refractivity contribution >= 4 is 29.5 Å². The van der Waals surface area contributed by atoms with E-state index in [1.807, 2.05) is 13.0 Å². The summed E-state index contributed by atoms with van der Waals surface area (Å²) >= 11 is 0. The monoisotopic (exact) mass is 688 g/mol. The molecular weight excluding hydrogens is 640 g/mol. The zero-order chi connectivity index (χ0) is 35.9. The van der Waals surface area contributed by atoms with Gasteiger partial charge in [-0.3, -0.25) is 28.9 Å². The van der Waals surface area contributed by atoms with Crippen molar-refractivity contribution in [1.82, 2.24) is 9.80 Å². The third-order valence-electron chi connectivity index (χ3n) is 8.74. The van der Waals surface area contributed by atoms with E-state index in [-0.39, 0.29) is 45.0 Å². The first kappa shape index (κ1) is 38.1. The minimum Gasteiger partial charge on any atom is -0.462 e. The fraction of sp³-hybridized carbons (Fsp3) is 0.629. The zero-order valence-electron chi connectivity index (χ0n) is 28.5. The van der Waals surface area contributed by atoms with Crippen molar-refractivity contribution in [3.8, 4) is 5.75 Å². The summed E-state index contributed by atoms with van der Waals surface area (Å²) < 4.78 is 22.3. The molecule has 1 aromatic rings. The summed E-state index contributed by atoms with van der Waals surface area (Å²) in [6.07, 6.45) is -0.0937. The Kier molecular flexibility index (Phi) is 13.1. The van der Waals surface area contributed by atoms with E-state index in [1.165, 1.54) is 4.90 Å². The van der Waals surface area contributed by atoms with Crippen molar-refractivity contribution in [1.29, 1.82) is 0 Å². The predicted octanol–water partition coefficient (Wildman–Crippen LogP) is 1.20. The topological polar surface area (TPSA) is 189 Å². The number of likely N-dealkylation sites (tertiary alicyclic amines) is 1. The number of hydrogen-bond acceptors (Lipinski definition) is 12. The number of aliphatic hydroxyl groups excluding tert-OH is 3. The smallest absolute Gasteiger partial charge is 0.311 e. The standard InChI is InChI=1S/C35H48N2O12/c1-5-46-19-23-16-25(37-28(40)13-14-29(37)41)32(44)36(23)17-24(38)10-8-6-7-9-21-11-12-22(18-48-34(45)35(2,3)4)27(15-21)49-33-31(43)30(42)26(39)20-47-33/h11-15,23,25-26,30-31,33,39,42-43H,5-10,16-20H2,1-4H3/t23-,25-,26+,30-,31+,33-/m0/s1. The predicted molar refractivity (Wildman–Crippen MR) is 173 cm³/mol. The lowest BCUT2D eigenvalue weighted by molar-refractivity contribution is -0.242. The summed E-state index contributed by atoms with van der Waals surface area (Å²) in [6.45, 7) is 7.21. The summed E-state index contributed by atoms with van der Waals surface area (Å²) in [5.41, 5.74) is 0.695. The molecule has 0 aliphatic carbocycles. The molecule has 270 valence electrons. The Bertz CT molecular complexity index is 1390. The Labute approximate surface area is 285 Å². The summed E-state index contributed by atoms with van der Waals surface area (Å²) in [5.74, 6) is -1.75. The second-order valence-electron chi connectivity index (χ2n) is 13.6. The molecule has 0 aromatic heterocycles. The summed E-state index contributed by atoms with van der Waals surface area (Å²) in [5, 5.41) is 30.3. The van der Waals surface area contributed by atoms with Gasteiger partial charge in [-0.25, -0.2) is 0 Å². The number of imide groups is 1.